The zero-order chi connectivity index (χ0) is 11.8. The van der Waals surface area contributed by atoms with Crippen LogP contribution in [-0.4, -0.2) is 40.0 Å². The molecule has 0 bridgehead atoms. The topological polar surface area (TPSA) is 71.3 Å². The van der Waals surface area contributed by atoms with E-state index < -0.39 is 0 Å². The van der Waals surface area contributed by atoms with E-state index in [1.807, 2.05) is 0 Å². The molecule has 2 aliphatic heterocycles. The molecule has 1 aromatic heterocycles. The molecule has 2 fully saturated rings. The summed E-state index contributed by atoms with van der Waals surface area (Å²) in [5.41, 5.74) is 0. The summed E-state index contributed by atoms with van der Waals surface area (Å²) in [4.78, 5) is 16.7. The predicted octanol–water partition coefficient (Wildman–Crippen LogP) is 1.70. The van der Waals surface area contributed by atoms with Gasteiger partial charge in [-0.05, 0) is 37.1 Å². The molecule has 2 aliphatic rings. The summed E-state index contributed by atoms with van der Waals surface area (Å²) in [6.45, 7) is 2.33. The van der Waals surface area contributed by atoms with Gasteiger partial charge in [-0.2, -0.15) is 0 Å². The number of nitro groups is 1. The van der Waals surface area contributed by atoms with Crippen molar-refractivity contribution in [2.45, 2.75) is 31.3 Å². The highest BCUT2D eigenvalue weighted by Gasteiger charge is 2.37. The highest BCUT2D eigenvalue weighted by atomic mass is 32.1. The Balaban J connectivity index is 1.68. The van der Waals surface area contributed by atoms with Crippen LogP contribution in [0.5, 0.6) is 0 Å². The van der Waals surface area contributed by atoms with Gasteiger partial charge in [0, 0.05) is 18.6 Å². The molecule has 0 aromatic carbocycles. The Bertz CT molecular complexity index is 436. The highest BCUT2D eigenvalue weighted by molar-refractivity contribution is 7.18. The first kappa shape index (κ1) is 10.9. The lowest BCUT2D eigenvalue weighted by molar-refractivity contribution is -0.380. The van der Waals surface area contributed by atoms with Gasteiger partial charge in [0.05, 0.1) is 4.92 Å². The monoisotopic (exact) mass is 254 g/mol. The number of hydrogen-bond acceptors (Lipinski definition) is 6. The maximum atomic E-state index is 10.6. The van der Waals surface area contributed by atoms with Crippen molar-refractivity contribution in [3.8, 4) is 0 Å². The normalized spacial score (nSPS) is 28.2. The summed E-state index contributed by atoms with van der Waals surface area (Å²) in [5.74, 6) is 0. The zero-order valence-corrected chi connectivity index (χ0v) is 10.2. The SMILES string of the molecule is O=[N+]([O-])c1cnc(NC2CCN3CCCC23)s1. The van der Waals surface area contributed by atoms with Gasteiger partial charge in [0.1, 0.15) is 6.20 Å². The van der Waals surface area contributed by atoms with Crippen LogP contribution < -0.4 is 5.32 Å². The molecule has 1 aromatic rings. The summed E-state index contributed by atoms with van der Waals surface area (Å²) >= 11 is 1.12. The molecule has 0 radical (unpaired) electrons. The van der Waals surface area contributed by atoms with Gasteiger partial charge in [-0.15, -0.1) is 0 Å². The standard InChI is InChI=1S/C10H14N4O2S/c15-14(16)9-6-11-10(17-9)12-7-3-5-13-4-1-2-8(7)13/h6-8H,1-5H2,(H,11,12). The van der Waals surface area contributed by atoms with E-state index in [-0.39, 0.29) is 9.92 Å². The Morgan fingerprint density at radius 3 is 3.18 bits per heavy atom. The molecule has 0 aliphatic carbocycles. The number of nitrogens with one attached hydrogen (secondary N) is 1. The quantitative estimate of drug-likeness (QED) is 0.656. The van der Waals surface area contributed by atoms with E-state index in [9.17, 15) is 10.1 Å². The third kappa shape index (κ3) is 2.00. The molecule has 6 nitrogen and oxygen atoms in total. The number of aromatic nitrogens is 1. The minimum atomic E-state index is -0.390. The molecular weight excluding hydrogens is 240 g/mol. The second-order valence-electron chi connectivity index (χ2n) is 4.55. The predicted molar refractivity (Wildman–Crippen MR) is 65.4 cm³/mol. The smallest absolute Gasteiger partial charge is 0.345 e. The Morgan fingerprint density at radius 1 is 1.53 bits per heavy atom. The molecule has 0 amide bonds. The minimum absolute atomic E-state index is 0.105. The molecular formula is C10H14N4O2S. The maximum Gasteiger partial charge on any atom is 0.345 e. The average Bonchev–Trinajstić information content (AvgIpc) is 2.96. The van der Waals surface area contributed by atoms with E-state index in [4.69, 9.17) is 0 Å². The third-order valence-electron chi connectivity index (χ3n) is 3.59. The van der Waals surface area contributed by atoms with Crippen molar-refractivity contribution in [2.24, 2.45) is 0 Å². The molecule has 3 rings (SSSR count). The number of nitrogens with zero attached hydrogens (tertiary/aromatic N) is 3. The Kier molecular flexibility index (Phi) is 2.71. The fourth-order valence-corrected chi connectivity index (χ4v) is 3.52. The first-order valence-electron chi connectivity index (χ1n) is 5.85. The average molecular weight is 254 g/mol. The Hall–Kier alpha value is -1.21. The van der Waals surface area contributed by atoms with E-state index in [2.05, 4.69) is 15.2 Å². The van der Waals surface area contributed by atoms with Crippen LogP contribution >= 0.6 is 11.3 Å². The first-order valence-corrected chi connectivity index (χ1v) is 6.66. The van der Waals surface area contributed by atoms with Crippen LogP contribution in [0.25, 0.3) is 0 Å². The number of rotatable bonds is 3. The van der Waals surface area contributed by atoms with Gasteiger partial charge in [-0.25, -0.2) is 4.98 Å². The van der Waals surface area contributed by atoms with Gasteiger partial charge >= 0.3 is 5.00 Å². The lowest BCUT2D eigenvalue weighted by atomic mass is 10.1. The van der Waals surface area contributed by atoms with Gasteiger partial charge in [0.25, 0.3) is 0 Å². The number of hydrogen-bond donors (Lipinski definition) is 1. The van der Waals surface area contributed by atoms with E-state index in [1.165, 1.54) is 25.6 Å². The molecule has 7 heteroatoms. The van der Waals surface area contributed by atoms with Crippen molar-refractivity contribution in [2.75, 3.05) is 18.4 Å². The van der Waals surface area contributed by atoms with Gasteiger partial charge in [-0.1, -0.05) is 0 Å². The van der Waals surface area contributed by atoms with Gasteiger partial charge < -0.3 is 5.32 Å². The molecule has 2 atom stereocenters. The van der Waals surface area contributed by atoms with Crippen LogP contribution in [0.2, 0.25) is 0 Å². The molecule has 1 N–H and O–H groups in total. The summed E-state index contributed by atoms with van der Waals surface area (Å²) in [7, 11) is 0. The second-order valence-corrected chi connectivity index (χ2v) is 5.55. The summed E-state index contributed by atoms with van der Waals surface area (Å²) in [6.07, 6.45) is 4.93. The molecule has 0 spiro atoms. The van der Waals surface area contributed by atoms with Crippen molar-refractivity contribution < 1.29 is 4.92 Å². The first-order chi connectivity index (χ1) is 8.24. The van der Waals surface area contributed by atoms with Crippen molar-refractivity contribution in [3.05, 3.63) is 16.3 Å². The van der Waals surface area contributed by atoms with Gasteiger partial charge in [-0.3, -0.25) is 15.0 Å². The second kappa shape index (κ2) is 4.23. The van der Waals surface area contributed by atoms with E-state index in [1.54, 1.807) is 0 Å². The van der Waals surface area contributed by atoms with Crippen LogP contribution in [-0.2, 0) is 0 Å². The molecule has 3 heterocycles. The van der Waals surface area contributed by atoms with E-state index in [0.717, 1.165) is 24.3 Å². The Labute approximate surface area is 103 Å². The maximum absolute atomic E-state index is 10.6. The zero-order valence-electron chi connectivity index (χ0n) is 9.33. The van der Waals surface area contributed by atoms with Crippen LogP contribution in [0.4, 0.5) is 10.1 Å². The molecule has 2 unspecified atom stereocenters. The van der Waals surface area contributed by atoms with Crippen LogP contribution in [0.15, 0.2) is 6.20 Å². The largest absolute Gasteiger partial charge is 0.357 e. The van der Waals surface area contributed by atoms with Crippen molar-refractivity contribution in [1.82, 2.24) is 9.88 Å². The van der Waals surface area contributed by atoms with Crippen LogP contribution in [0, 0.1) is 10.1 Å². The van der Waals surface area contributed by atoms with Crippen molar-refractivity contribution in [1.29, 1.82) is 0 Å². The highest BCUT2D eigenvalue weighted by Crippen LogP contribution is 2.32. The van der Waals surface area contributed by atoms with Gasteiger partial charge in [0.2, 0.25) is 0 Å². The number of thiazole rings is 1. The fourth-order valence-electron chi connectivity index (χ4n) is 2.83. The van der Waals surface area contributed by atoms with Crippen molar-refractivity contribution >= 4 is 21.5 Å². The molecule has 17 heavy (non-hydrogen) atoms. The van der Waals surface area contributed by atoms with Crippen molar-refractivity contribution in [3.63, 3.8) is 0 Å². The summed E-state index contributed by atoms with van der Waals surface area (Å²) < 4.78 is 0. The molecule has 92 valence electrons. The number of anilines is 1. The van der Waals surface area contributed by atoms with Crippen LogP contribution in [0.3, 0.4) is 0 Å². The third-order valence-corrected chi connectivity index (χ3v) is 4.47. The van der Waals surface area contributed by atoms with E-state index in [0.29, 0.717) is 17.2 Å². The lowest BCUT2D eigenvalue weighted by Crippen LogP contribution is -2.33. The van der Waals surface area contributed by atoms with E-state index >= 15 is 0 Å². The molecule has 2 saturated heterocycles. The fraction of sp³-hybridized carbons (Fsp3) is 0.700. The molecule has 0 saturated carbocycles. The summed E-state index contributed by atoms with van der Waals surface area (Å²) in [5, 5.41) is 14.7. The Morgan fingerprint density at radius 2 is 2.41 bits per heavy atom. The summed E-state index contributed by atoms with van der Waals surface area (Å²) in [6, 6.07) is 1.00. The minimum Gasteiger partial charge on any atom is -0.357 e. The van der Waals surface area contributed by atoms with Crippen LogP contribution in [0.1, 0.15) is 19.3 Å². The van der Waals surface area contributed by atoms with Gasteiger partial charge in [0.15, 0.2) is 5.13 Å². The lowest BCUT2D eigenvalue weighted by Gasteiger charge is -2.20. The number of fused-ring (bicyclic) bond motifs is 1.